The summed E-state index contributed by atoms with van der Waals surface area (Å²) in [7, 11) is 0. The zero-order chi connectivity index (χ0) is 22.1. The van der Waals surface area contributed by atoms with Gasteiger partial charge in [-0.1, -0.05) is 45.2 Å². The lowest BCUT2D eigenvalue weighted by Gasteiger charge is -2.22. The van der Waals surface area contributed by atoms with Gasteiger partial charge in [0.15, 0.2) is 0 Å². The summed E-state index contributed by atoms with van der Waals surface area (Å²) in [6.07, 6.45) is 10.6. The Morgan fingerprint density at radius 2 is 2.00 bits per heavy atom. The number of urea groups is 1. The molecule has 3 N–H and O–H groups in total. The largest absolute Gasteiger partial charge is 0.338 e. The molecule has 31 heavy (non-hydrogen) atoms. The maximum Gasteiger partial charge on any atom is 0.315 e. The van der Waals surface area contributed by atoms with Gasteiger partial charge in [-0.05, 0) is 37.0 Å². The van der Waals surface area contributed by atoms with E-state index in [4.69, 9.17) is 0 Å². The minimum absolute atomic E-state index is 0.0443. The van der Waals surface area contributed by atoms with Crippen LogP contribution in [0.1, 0.15) is 76.1 Å². The van der Waals surface area contributed by atoms with E-state index in [-0.39, 0.29) is 11.9 Å². The zero-order valence-corrected chi connectivity index (χ0v) is 18.7. The number of carbonyl (C=O) groups excluding carboxylic acids is 2. The number of hydrogen-bond donors (Lipinski definition) is 3. The van der Waals surface area contributed by atoms with Crippen molar-refractivity contribution in [1.29, 1.82) is 0 Å². The van der Waals surface area contributed by atoms with Crippen molar-refractivity contribution < 1.29 is 9.59 Å². The van der Waals surface area contributed by atoms with Crippen molar-refractivity contribution in [2.24, 2.45) is 0 Å². The predicted octanol–water partition coefficient (Wildman–Crippen LogP) is 4.41. The fraction of sp³-hybridized carbons (Fsp3) is 0.542. The highest BCUT2D eigenvalue weighted by Gasteiger charge is 2.15. The standard InChI is InChI=1S/C24H35N5O2/c1-18(2)23-25-14-15-29(23)17-19-8-6-11-21(16-19)27-22(30)12-7-13-26-24(31)28-20-9-4-3-5-10-20/h6,8,11,14-16,18,20H,3-5,7,9-10,12-13,17H2,1-2H3,(H,27,30)(H2,26,28,31). The van der Waals surface area contributed by atoms with E-state index in [1.165, 1.54) is 19.3 Å². The molecule has 7 nitrogen and oxygen atoms in total. The van der Waals surface area contributed by atoms with Crippen molar-refractivity contribution in [3.05, 3.63) is 48.0 Å². The summed E-state index contributed by atoms with van der Waals surface area (Å²) in [6.45, 7) is 5.47. The Hall–Kier alpha value is -2.83. The fourth-order valence-electron chi connectivity index (χ4n) is 4.06. The Morgan fingerprint density at radius 3 is 2.77 bits per heavy atom. The smallest absolute Gasteiger partial charge is 0.315 e. The molecule has 1 aromatic heterocycles. The summed E-state index contributed by atoms with van der Waals surface area (Å²) >= 11 is 0. The van der Waals surface area contributed by atoms with Gasteiger partial charge in [-0.15, -0.1) is 0 Å². The number of rotatable bonds is 9. The molecule has 0 spiro atoms. The first-order valence-corrected chi connectivity index (χ1v) is 11.5. The average molecular weight is 426 g/mol. The lowest BCUT2D eigenvalue weighted by atomic mass is 9.96. The van der Waals surface area contributed by atoms with E-state index in [2.05, 4.69) is 45.4 Å². The van der Waals surface area contributed by atoms with E-state index in [1.807, 2.05) is 30.6 Å². The van der Waals surface area contributed by atoms with E-state index < -0.39 is 0 Å². The lowest BCUT2D eigenvalue weighted by molar-refractivity contribution is -0.116. The quantitative estimate of drug-likeness (QED) is 0.520. The Kier molecular flexibility index (Phi) is 8.50. The number of nitrogens with one attached hydrogen (secondary N) is 3. The van der Waals surface area contributed by atoms with Gasteiger partial charge in [0.05, 0.1) is 0 Å². The molecule has 1 saturated carbocycles. The monoisotopic (exact) mass is 425 g/mol. The highest BCUT2D eigenvalue weighted by atomic mass is 16.2. The van der Waals surface area contributed by atoms with Gasteiger partial charge in [-0.25, -0.2) is 9.78 Å². The fourth-order valence-corrected chi connectivity index (χ4v) is 4.06. The lowest BCUT2D eigenvalue weighted by Crippen LogP contribution is -2.43. The number of hydrogen-bond acceptors (Lipinski definition) is 3. The highest BCUT2D eigenvalue weighted by molar-refractivity contribution is 5.90. The van der Waals surface area contributed by atoms with Crippen LogP contribution in [0, 0.1) is 0 Å². The van der Waals surface area contributed by atoms with Crippen molar-refractivity contribution in [1.82, 2.24) is 20.2 Å². The van der Waals surface area contributed by atoms with Gasteiger partial charge in [-0.3, -0.25) is 4.79 Å². The Balaban J connectivity index is 1.38. The number of imidazole rings is 1. The first-order chi connectivity index (χ1) is 15.0. The summed E-state index contributed by atoms with van der Waals surface area (Å²) in [6, 6.07) is 8.07. The molecule has 3 rings (SSSR count). The van der Waals surface area contributed by atoms with Gasteiger partial charge in [0.25, 0.3) is 0 Å². The van der Waals surface area contributed by atoms with Crippen LogP contribution in [0.15, 0.2) is 36.7 Å². The second kappa shape index (κ2) is 11.5. The number of carbonyl (C=O) groups is 2. The van der Waals surface area contributed by atoms with Crippen LogP contribution >= 0.6 is 0 Å². The van der Waals surface area contributed by atoms with Crippen LogP contribution in [0.25, 0.3) is 0 Å². The zero-order valence-electron chi connectivity index (χ0n) is 18.7. The van der Waals surface area contributed by atoms with Crippen LogP contribution in [-0.2, 0) is 11.3 Å². The number of benzene rings is 1. The number of anilines is 1. The summed E-state index contributed by atoms with van der Waals surface area (Å²) in [5.41, 5.74) is 1.90. The van der Waals surface area contributed by atoms with E-state index in [9.17, 15) is 9.59 Å². The number of nitrogens with zero attached hydrogens (tertiary/aromatic N) is 2. The summed E-state index contributed by atoms with van der Waals surface area (Å²) < 4.78 is 2.13. The van der Waals surface area contributed by atoms with Gasteiger partial charge in [0, 0.05) is 49.6 Å². The van der Waals surface area contributed by atoms with Crippen LogP contribution in [-0.4, -0.2) is 34.1 Å². The van der Waals surface area contributed by atoms with Crippen LogP contribution < -0.4 is 16.0 Å². The minimum Gasteiger partial charge on any atom is -0.338 e. The second-order valence-corrected chi connectivity index (χ2v) is 8.66. The molecule has 0 radical (unpaired) electrons. The van der Waals surface area contributed by atoms with E-state index in [0.717, 1.165) is 36.5 Å². The maximum atomic E-state index is 12.3. The van der Waals surface area contributed by atoms with Gasteiger partial charge in [0.1, 0.15) is 5.82 Å². The molecule has 1 aromatic carbocycles. The van der Waals surface area contributed by atoms with Crippen molar-refractivity contribution in [2.75, 3.05) is 11.9 Å². The van der Waals surface area contributed by atoms with Crippen LogP contribution in [0.2, 0.25) is 0 Å². The Morgan fingerprint density at radius 1 is 1.19 bits per heavy atom. The third-order valence-corrected chi connectivity index (χ3v) is 5.63. The van der Waals surface area contributed by atoms with Gasteiger partial charge >= 0.3 is 6.03 Å². The molecule has 1 fully saturated rings. The van der Waals surface area contributed by atoms with Crippen molar-refractivity contribution in [3.8, 4) is 0 Å². The molecule has 0 aliphatic heterocycles. The molecule has 3 amide bonds. The molecular formula is C24H35N5O2. The van der Waals surface area contributed by atoms with E-state index in [1.54, 1.807) is 0 Å². The average Bonchev–Trinajstić information content (AvgIpc) is 3.21. The molecule has 0 atom stereocenters. The van der Waals surface area contributed by atoms with Crippen LogP contribution in [0.5, 0.6) is 0 Å². The third-order valence-electron chi connectivity index (χ3n) is 5.63. The molecule has 0 unspecified atom stereocenters. The number of amides is 3. The summed E-state index contributed by atoms with van der Waals surface area (Å²) in [5.74, 6) is 1.36. The van der Waals surface area contributed by atoms with Crippen molar-refractivity contribution in [2.45, 2.75) is 77.3 Å². The molecule has 0 saturated heterocycles. The van der Waals surface area contributed by atoms with E-state index >= 15 is 0 Å². The molecular weight excluding hydrogens is 390 g/mol. The molecule has 1 aliphatic carbocycles. The Bertz CT molecular complexity index is 855. The number of aromatic nitrogens is 2. The van der Waals surface area contributed by atoms with Gasteiger partial charge < -0.3 is 20.5 Å². The highest BCUT2D eigenvalue weighted by Crippen LogP contribution is 2.18. The van der Waals surface area contributed by atoms with Gasteiger partial charge in [-0.2, -0.15) is 0 Å². The van der Waals surface area contributed by atoms with Crippen LogP contribution in [0.3, 0.4) is 0 Å². The summed E-state index contributed by atoms with van der Waals surface area (Å²) in [5, 5.41) is 8.84. The first kappa shape index (κ1) is 22.8. The van der Waals surface area contributed by atoms with E-state index in [0.29, 0.717) is 31.3 Å². The van der Waals surface area contributed by atoms with Crippen LogP contribution in [0.4, 0.5) is 10.5 Å². The molecule has 168 valence electrons. The molecule has 7 heteroatoms. The molecule has 1 heterocycles. The first-order valence-electron chi connectivity index (χ1n) is 11.5. The SMILES string of the molecule is CC(C)c1nccn1Cc1cccc(NC(=O)CCCNC(=O)NC2CCCCC2)c1. The summed E-state index contributed by atoms with van der Waals surface area (Å²) in [4.78, 5) is 28.7. The predicted molar refractivity (Wildman–Crippen MR) is 123 cm³/mol. The Labute approximate surface area is 185 Å². The molecule has 0 bridgehead atoms. The molecule has 2 aromatic rings. The molecule has 1 aliphatic rings. The maximum absolute atomic E-state index is 12.3. The topological polar surface area (TPSA) is 88.1 Å². The van der Waals surface area contributed by atoms with Crippen molar-refractivity contribution in [3.63, 3.8) is 0 Å². The second-order valence-electron chi connectivity index (χ2n) is 8.66. The minimum atomic E-state index is -0.125. The van der Waals surface area contributed by atoms with Crippen molar-refractivity contribution >= 4 is 17.6 Å². The van der Waals surface area contributed by atoms with Gasteiger partial charge in [0.2, 0.25) is 5.91 Å². The third kappa shape index (κ3) is 7.42. The normalized spacial score (nSPS) is 14.4.